The Morgan fingerprint density at radius 3 is 2.91 bits per heavy atom. The molecule has 1 aliphatic rings. The van der Waals surface area contributed by atoms with Crippen molar-refractivity contribution in [3.8, 4) is 0 Å². The van der Waals surface area contributed by atoms with Gasteiger partial charge in [0, 0.05) is 19.6 Å². The van der Waals surface area contributed by atoms with Crippen LogP contribution in [0.3, 0.4) is 0 Å². The normalized spacial score (nSPS) is 17.2. The molecular weight excluding hydrogens is 156 g/mol. The Morgan fingerprint density at radius 1 is 1.55 bits per heavy atom. The van der Waals surface area contributed by atoms with E-state index in [4.69, 9.17) is 12.2 Å². The van der Waals surface area contributed by atoms with Gasteiger partial charge in [0.15, 0.2) is 5.11 Å². The summed E-state index contributed by atoms with van der Waals surface area (Å²) in [6.07, 6.45) is 3.88. The van der Waals surface area contributed by atoms with Crippen molar-refractivity contribution < 1.29 is 0 Å². The minimum absolute atomic E-state index is 0.945. The summed E-state index contributed by atoms with van der Waals surface area (Å²) in [5.41, 5.74) is 0. The van der Waals surface area contributed by atoms with Crippen molar-refractivity contribution in [3.63, 3.8) is 0 Å². The van der Waals surface area contributed by atoms with Gasteiger partial charge in [-0.2, -0.15) is 0 Å². The van der Waals surface area contributed by atoms with Crippen LogP contribution in [0.4, 0.5) is 0 Å². The second-order valence-electron chi connectivity index (χ2n) is 2.93. The Bertz CT molecular complexity index is 136. The molecule has 1 aliphatic heterocycles. The van der Waals surface area contributed by atoms with Crippen LogP contribution < -0.4 is 5.32 Å². The summed E-state index contributed by atoms with van der Waals surface area (Å²) in [5, 5.41) is 4.10. The predicted octanol–water partition coefficient (Wildman–Crippen LogP) is 1.37. The Kier molecular flexibility index (Phi) is 3.63. The number of nitrogens with one attached hydrogen (secondary N) is 1. The molecule has 1 rings (SSSR count). The fourth-order valence-corrected chi connectivity index (χ4v) is 1.56. The second kappa shape index (κ2) is 4.54. The van der Waals surface area contributed by atoms with Gasteiger partial charge in [-0.25, -0.2) is 0 Å². The van der Waals surface area contributed by atoms with Gasteiger partial charge in [0.1, 0.15) is 0 Å². The van der Waals surface area contributed by atoms with Crippen LogP contribution in [0.2, 0.25) is 0 Å². The van der Waals surface area contributed by atoms with Crippen LogP contribution >= 0.6 is 12.2 Å². The highest BCUT2D eigenvalue weighted by Crippen LogP contribution is 2.01. The van der Waals surface area contributed by atoms with E-state index in [1.807, 2.05) is 0 Å². The third-order valence-corrected chi connectivity index (χ3v) is 2.38. The Balaban J connectivity index is 2.10. The lowest BCUT2D eigenvalue weighted by molar-refractivity contribution is 0.446. The molecule has 0 aliphatic carbocycles. The fraction of sp³-hybridized carbons (Fsp3) is 0.875. The minimum Gasteiger partial charge on any atom is -0.361 e. The van der Waals surface area contributed by atoms with E-state index < -0.39 is 0 Å². The van der Waals surface area contributed by atoms with Crippen molar-refractivity contribution in [2.24, 2.45) is 0 Å². The van der Waals surface area contributed by atoms with Gasteiger partial charge in [-0.1, -0.05) is 19.8 Å². The van der Waals surface area contributed by atoms with E-state index >= 15 is 0 Å². The maximum atomic E-state index is 5.10. The molecule has 1 fully saturated rings. The molecule has 64 valence electrons. The van der Waals surface area contributed by atoms with E-state index in [0.29, 0.717) is 0 Å². The van der Waals surface area contributed by atoms with Crippen LogP contribution in [0.15, 0.2) is 0 Å². The smallest absolute Gasteiger partial charge is 0.169 e. The lowest BCUT2D eigenvalue weighted by Crippen LogP contribution is -2.28. The molecule has 0 amide bonds. The molecule has 2 nitrogen and oxygen atoms in total. The lowest BCUT2D eigenvalue weighted by Gasteiger charge is -2.15. The van der Waals surface area contributed by atoms with E-state index in [2.05, 4.69) is 17.1 Å². The fourth-order valence-electron chi connectivity index (χ4n) is 1.28. The summed E-state index contributed by atoms with van der Waals surface area (Å²) in [5.74, 6) is 0. The molecule has 3 heteroatoms. The first-order valence-corrected chi connectivity index (χ1v) is 4.78. The van der Waals surface area contributed by atoms with E-state index in [0.717, 1.165) is 24.7 Å². The van der Waals surface area contributed by atoms with Crippen molar-refractivity contribution >= 4 is 17.3 Å². The van der Waals surface area contributed by atoms with Crippen molar-refractivity contribution in [2.45, 2.75) is 26.2 Å². The van der Waals surface area contributed by atoms with Crippen LogP contribution in [0.25, 0.3) is 0 Å². The number of rotatable bonds is 4. The molecular formula is C8H16N2S. The molecule has 0 radical (unpaired) electrons. The largest absolute Gasteiger partial charge is 0.361 e. The van der Waals surface area contributed by atoms with Gasteiger partial charge in [-0.3, -0.25) is 0 Å². The summed E-state index contributed by atoms with van der Waals surface area (Å²) < 4.78 is 0. The molecule has 0 spiro atoms. The maximum absolute atomic E-state index is 5.10. The molecule has 0 unspecified atom stereocenters. The van der Waals surface area contributed by atoms with Gasteiger partial charge in [-0.15, -0.1) is 0 Å². The highest BCUT2D eigenvalue weighted by molar-refractivity contribution is 7.80. The highest BCUT2D eigenvalue weighted by Gasteiger charge is 2.13. The maximum Gasteiger partial charge on any atom is 0.169 e. The first-order valence-electron chi connectivity index (χ1n) is 4.37. The van der Waals surface area contributed by atoms with E-state index in [1.54, 1.807) is 0 Å². The number of nitrogens with zero attached hydrogens (tertiary/aromatic N) is 1. The van der Waals surface area contributed by atoms with Crippen LogP contribution in [0.1, 0.15) is 26.2 Å². The van der Waals surface area contributed by atoms with Crippen LogP contribution in [-0.4, -0.2) is 29.6 Å². The summed E-state index contributed by atoms with van der Waals surface area (Å²) in [6.45, 7) is 5.49. The summed E-state index contributed by atoms with van der Waals surface area (Å²) in [4.78, 5) is 2.25. The van der Waals surface area contributed by atoms with Crippen LogP contribution in [-0.2, 0) is 0 Å². The van der Waals surface area contributed by atoms with Gasteiger partial charge < -0.3 is 10.2 Å². The highest BCUT2D eigenvalue weighted by atomic mass is 32.1. The zero-order valence-corrected chi connectivity index (χ0v) is 7.91. The SMILES string of the molecule is CCCCCN1CCNC1=S. The van der Waals surface area contributed by atoms with Crippen molar-refractivity contribution in [1.29, 1.82) is 0 Å². The summed E-state index contributed by atoms with van der Waals surface area (Å²) in [6, 6.07) is 0. The van der Waals surface area contributed by atoms with Crippen molar-refractivity contribution in [2.75, 3.05) is 19.6 Å². The van der Waals surface area contributed by atoms with Gasteiger partial charge in [0.25, 0.3) is 0 Å². The molecule has 0 atom stereocenters. The monoisotopic (exact) mass is 172 g/mol. The third kappa shape index (κ3) is 2.66. The molecule has 0 aromatic rings. The zero-order valence-electron chi connectivity index (χ0n) is 7.10. The molecule has 1 saturated heterocycles. The average molecular weight is 172 g/mol. The molecule has 1 N–H and O–H groups in total. The Hall–Kier alpha value is -0.310. The van der Waals surface area contributed by atoms with Gasteiger partial charge in [0.05, 0.1) is 0 Å². The van der Waals surface area contributed by atoms with E-state index in [1.165, 1.54) is 19.3 Å². The minimum atomic E-state index is 0.945. The molecule has 1 heterocycles. The first kappa shape index (κ1) is 8.78. The number of thiocarbonyl (C=S) groups is 1. The standard InChI is InChI=1S/C8H16N2S/c1-2-3-4-6-10-7-5-9-8(10)11/h2-7H2,1H3,(H,9,11). The lowest BCUT2D eigenvalue weighted by atomic mass is 10.2. The molecule has 0 aromatic heterocycles. The predicted molar refractivity (Wildman–Crippen MR) is 51.7 cm³/mol. The van der Waals surface area contributed by atoms with E-state index in [9.17, 15) is 0 Å². The topological polar surface area (TPSA) is 15.3 Å². The molecule has 0 saturated carbocycles. The summed E-state index contributed by atoms with van der Waals surface area (Å²) >= 11 is 5.10. The van der Waals surface area contributed by atoms with E-state index in [-0.39, 0.29) is 0 Å². The molecule has 0 bridgehead atoms. The Morgan fingerprint density at radius 2 is 2.36 bits per heavy atom. The van der Waals surface area contributed by atoms with Gasteiger partial charge >= 0.3 is 0 Å². The number of hydrogen-bond acceptors (Lipinski definition) is 1. The van der Waals surface area contributed by atoms with Crippen molar-refractivity contribution in [1.82, 2.24) is 10.2 Å². The quantitative estimate of drug-likeness (QED) is 0.509. The van der Waals surface area contributed by atoms with Gasteiger partial charge in [-0.05, 0) is 18.6 Å². The summed E-state index contributed by atoms with van der Waals surface area (Å²) in [7, 11) is 0. The van der Waals surface area contributed by atoms with Crippen molar-refractivity contribution in [3.05, 3.63) is 0 Å². The molecule has 0 aromatic carbocycles. The first-order chi connectivity index (χ1) is 5.34. The zero-order chi connectivity index (χ0) is 8.10. The van der Waals surface area contributed by atoms with Gasteiger partial charge in [0.2, 0.25) is 0 Å². The number of hydrogen-bond donors (Lipinski definition) is 1. The Labute approximate surface area is 74.0 Å². The third-order valence-electron chi connectivity index (χ3n) is 1.98. The number of unbranched alkanes of at least 4 members (excludes halogenated alkanes) is 2. The van der Waals surface area contributed by atoms with Crippen LogP contribution in [0.5, 0.6) is 0 Å². The molecule has 11 heavy (non-hydrogen) atoms. The van der Waals surface area contributed by atoms with Crippen LogP contribution in [0, 0.1) is 0 Å². The average Bonchev–Trinajstić information content (AvgIpc) is 2.37. The second-order valence-corrected chi connectivity index (χ2v) is 3.31.